The second-order valence-corrected chi connectivity index (χ2v) is 4.45. The molecule has 0 aromatic heterocycles. The van der Waals surface area contributed by atoms with Gasteiger partial charge in [-0.3, -0.25) is 0 Å². The van der Waals surface area contributed by atoms with E-state index in [1.54, 1.807) is 6.07 Å². The van der Waals surface area contributed by atoms with Crippen molar-refractivity contribution in [3.8, 4) is 11.5 Å². The molecule has 100 valence electrons. The average molecular weight is 285 g/mol. The third-order valence-electron chi connectivity index (χ3n) is 2.55. The first-order valence-corrected chi connectivity index (χ1v) is 5.95. The SMILES string of the molecule is C[C@H](O)c1ccc(Oc2ccc(F)cc2Cl)c(F)c1. The Hall–Kier alpha value is -1.65. The molecule has 2 nitrogen and oxygen atoms in total. The molecule has 0 aliphatic rings. The van der Waals surface area contributed by atoms with Gasteiger partial charge in [0.25, 0.3) is 0 Å². The normalized spacial score (nSPS) is 12.3. The van der Waals surface area contributed by atoms with Crippen molar-refractivity contribution in [1.29, 1.82) is 0 Å². The monoisotopic (exact) mass is 284 g/mol. The second kappa shape index (κ2) is 5.55. The molecule has 0 heterocycles. The van der Waals surface area contributed by atoms with Gasteiger partial charge in [0.1, 0.15) is 11.6 Å². The van der Waals surface area contributed by atoms with E-state index in [2.05, 4.69) is 0 Å². The van der Waals surface area contributed by atoms with E-state index in [1.165, 1.54) is 31.2 Å². The molecular formula is C14H11ClF2O2. The Kier molecular flexibility index (Phi) is 4.02. The second-order valence-electron chi connectivity index (χ2n) is 4.04. The topological polar surface area (TPSA) is 29.5 Å². The van der Waals surface area contributed by atoms with Gasteiger partial charge in [0, 0.05) is 0 Å². The van der Waals surface area contributed by atoms with E-state index in [1.807, 2.05) is 0 Å². The lowest BCUT2D eigenvalue weighted by molar-refractivity contribution is 0.198. The van der Waals surface area contributed by atoms with Gasteiger partial charge in [-0.05, 0) is 42.8 Å². The maximum atomic E-state index is 13.8. The first-order valence-electron chi connectivity index (χ1n) is 5.58. The maximum absolute atomic E-state index is 13.8. The highest BCUT2D eigenvalue weighted by molar-refractivity contribution is 6.32. The van der Waals surface area contributed by atoms with Crippen LogP contribution in [0.1, 0.15) is 18.6 Å². The molecule has 0 spiro atoms. The number of hydrogen-bond acceptors (Lipinski definition) is 2. The van der Waals surface area contributed by atoms with E-state index in [-0.39, 0.29) is 16.5 Å². The lowest BCUT2D eigenvalue weighted by Gasteiger charge is -2.10. The molecule has 0 fully saturated rings. The van der Waals surface area contributed by atoms with E-state index >= 15 is 0 Å². The molecule has 1 N–H and O–H groups in total. The fraction of sp³-hybridized carbons (Fsp3) is 0.143. The molecule has 0 aliphatic carbocycles. The van der Waals surface area contributed by atoms with Crippen LogP contribution in [-0.2, 0) is 0 Å². The first kappa shape index (κ1) is 13.8. The Morgan fingerprint density at radius 3 is 2.37 bits per heavy atom. The fourth-order valence-corrected chi connectivity index (χ4v) is 1.74. The minimum absolute atomic E-state index is 0.0436. The number of ether oxygens (including phenoxy) is 1. The summed E-state index contributed by atoms with van der Waals surface area (Å²) in [5.74, 6) is -1.01. The van der Waals surface area contributed by atoms with Crippen molar-refractivity contribution in [3.05, 3.63) is 58.6 Å². The van der Waals surface area contributed by atoms with E-state index in [0.29, 0.717) is 5.56 Å². The molecule has 0 saturated carbocycles. The predicted molar refractivity (Wildman–Crippen MR) is 68.5 cm³/mol. The summed E-state index contributed by atoms with van der Waals surface area (Å²) < 4.78 is 31.9. The molecule has 2 rings (SSSR count). The molecule has 0 unspecified atom stereocenters. The molecule has 2 aromatic rings. The zero-order valence-corrected chi connectivity index (χ0v) is 10.8. The van der Waals surface area contributed by atoms with Gasteiger partial charge in [-0.1, -0.05) is 17.7 Å². The van der Waals surface area contributed by atoms with E-state index in [0.717, 1.165) is 6.07 Å². The largest absolute Gasteiger partial charge is 0.453 e. The van der Waals surface area contributed by atoms with Crippen molar-refractivity contribution in [2.45, 2.75) is 13.0 Å². The summed E-state index contributed by atoms with van der Waals surface area (Å²) in [5.41, 5.74) is 0.440. The molecule has 1 atom stereocenters. The molecule has 0 bridgehead atoms. The molecular weight excluding hydrogens is 274 g/mol. The zero-order valence-electron chi connectivity index (χ0n) is 10.0. The number of hydrogen-bond donors (Lipinski definition) is 1. The molecule has 0 amide bonds. The summed E-state index contributed by atoms with van der Waals surface area (Å²) in [6.07, 6.45) is -0.766. The van der Waals surface area contributed by atoms with Crippen LogP contribution < -0.4 is 4.74 Å². The molecule has 0 aliphatic heterocycles. The van der Waals surface area contributed by atoms with Crippen molar-refractivity contribution >= 4 is 11.6 Å². The summed E-state index contributed by atoms with van der Waals surface area (Å²) in [6, 6.07) is 7.68. The van der Waals surface area contributed by atoms with Gasteiger partial charge < -0.3 is 9.84 Å². The first-order chi connectivity index (χ1) is 8.97. The Labute approximate surface area is 114 Å². The highest BCUT2D eigenvalue weighted by Gasteiger charge is 2.11. The Balaban J connectivity index is 2.28. The van der Waals surface area contributed by atoms with E-state index in [4.69, 9.17) is 16.3 Å². The summed E-state index contributed by atoms with van der Waals surface area (Å²) in [7, 11) is 0. The zero-order chi connectivity index (χ0) is 14.0. The minimum Gasteiger partial charge on any atom is -0.453 e. The standard InChI is InChI=1S/C14H11ClF2O2/c1-8(18)9-2-4-14(12(17)6-9)19-13-5-3-10(16)7-11(13)15/h2-8,18H,1H3/t8-/m0/s1. The van der Waals surface area contributed by atoms with Crippen LogP contribution in [-0.4, -0.2) is 5.11 Å². The highest BCUT2D eigenvalue weighted by atomic mass is 35.5. The van der Waals surface area contributed by atoms with Crippen LogP contribution >= 0.6 is 11.6 Å². The number of benzene rings is 2. The van der Waals surface area contributed by atoms with Crippen LogP contribution in [0.5, 0.6) is 11.5 Å². The van der Waals surface area contributed by atoms with Crippen molar-refractivity contribution in [2.24, 2.45) is 0 Å². The van der Waals surface area contributed by atoms with Crippen molar-refractivity contribution in [3.63, 3.8) is 0 Å². The van der Waals surface area contributed by atoms with Crippen LogP contribution in [0.2, 0.25) is 5.02 Å². The number of rotatable bonds is 3. The molecule has 2 aromatic carbocycles. The number of aliphatic hydroxyl groups excluding tert-OH is 1. The minimum atomic E-state index is -0.766. The third-order valence-corrected chi connectivity index (χ3v) is 2.85. The molecule has 0 saturated heterocycles. The van der Waals surface area contributed by atoms with E-state index < -0.39 is 17.7 Å². The van der Waals surface area contributed by atoms with Crippen LogP contribution in [0, 0.1) is 11.6 Å². The van der Waals surface area contributed by atoms with Crippen LogP contribution in [0.25, 0.3) is 0 Å². The summed E-state index contributed by atoms with van der Waals surface area (Å²) in [6.45, 7) is 1.53. The maximum Gasteiger partial charge on any atom is 0.166 e. The Bertz CT molecular complexity index is 600. The fourth-order valence-electron chi connectivity index (χ4n) is 1.54. The van der Waals surface area contributed by atoms with Gasteiger partial charge >= 0.3 is 0 Å². The number of halogens is 3. The average Bonchev–Trinajstić information content (AvgIpc) is 2.34. The summed E-state index contributed by atoms with van der Waals surface area (Å²) in [5, 5.41) is 9.39. The Morgan fingerprint density at radius 1 is 1.11 bits per heavy atom. The van der Waals surface area contributed by atoms with E-state index in [9.17, 15) is 13.9 Å². The Morgan fingerprint density at radius 2 is 1.79 bits per heavy atom. The van der Waals surface area contributed by atoms with Crippen molar-refractivity contribution in [1.82, 2.24) is 0 Å². The quantitative estimate of drug-likeness (QED) is 0.901. The molecule has 0 radical (unpaired) electrons. The lowest BCUT2D eigenvalue weighted by Crippen LogP contribution is -1.95. The van der Waals surface area contributed by atoms with Crippen molar-refractivity contribution < 1.29 is 18.6 Å². The van der Waals surface area contributed by atoms with Gasteiger partial charge in [0.05, 0.1) is 11.1 Å². The predicted octanol–water partition coefficient (Wildman–Crippen LogP) is 4.46. The lowest BCUT2D eigenvalue weighted by atomic mass is 10.1. The number of aliphatic hydroxyl groups is 1. The molecule has 5 heteroatoms. The summed E-state index contributed by atoms with van der Waals surface area (Å²) in [4.78, 5) is 0. The van der Waals surface area contributed by atoms with Gasteiger partial charge in [0.2, 0.25) is 0 Å². The third kappa shape index (κ3) is 3.22. The van der Waals surface area contributed by atoms with Gasteiger partial charge in [-0.2, -0.15) is 0 Å². The highest BCUT2D eigenvalue weighted by Crippen LogP contribution is 2.32. The van der Waals surface area contributed by atoms with Crippen LogP contribution in [0.3, 0.4) is 0 Å². The van der Waals surface area contributed by atoms with Gasteiger partial charge in [0.15, 0.2) is 11.6 Å². The van der Waals surface area contributed by atoms with Crippen LogP contribution in [0.15, 0.2) is 36.4 Å². The van der Waals surface area contributed by atoms with Crippen LogP contribution in [0.4, 0.5) is 8.78 Å². The smallest absolute Gasteiger partial charge is 0.166 e. The van der Waals surface area contributed by atoms with Crippen molar-refractivity contribution in [2.75, 3.05) is 0 Å². The molecule has 19 heavy (non-hydrogen) atoms. The van der Waals surface area contributed by atoms with Gasteiger partial charge in [-0.25, -0.2) is 8.78 Å². The summed E-state index contributed by atoms with van der Waals surface area (Å²) >= 11 is 5.79. The van der Waals surface area contributed by atoms with Gasteiger partial charge in [-0.15, -0.1) is 0 Å².